The lowest BCUT2D eigenvalue weighted by molar-refractivity contribution is 0.121. The van der Waals surface area contributed by atoms with Gasteiger partial charge in [0.15, 0.2) is 0 Å². The van der Waals surface area contributed by atoms with Crippen molar-refractivity contribution in [3.63, 3.8) is 0 Å². The number of hydrogen-bond acceptors (Lipinski definition) is 2. The SMILES string of the molecule is CC(C)CCCCCCCCN1CCN(CC(C)C)CC1. The third kappa shape index (κ3) is 10.3. The van der Waals surface area contributed by atoms with Crippen LogP contribution in [-0.2, 0) is 0 Å². The summed E-state index contributed by atoms with van der Waals surface area (Å²) in [6.45, 7) is 17.1. The summed E-state index contributed by atoms with van der Waals surface area (Å²) in [4.78, 5) is 5.31. The fourth-order valence-corrected chi connectivity index (χ4v) is 3.31. The summed E-state index contributed by atoms with van der Waals surface area (Å²) in [7, 11) is 0. The number of rotatable bonds is 11. The number of unbranched alkanes of at least 4 members (excludes halogenated alkanes) is 5. The van der Waals surface area contributed by atoms with Gasteiger partial charge >= 0.3 is 0 Å². The fraction of sp³-hybridized carbons (Fsp3) is 1.00. The first-order chi connectivity index (χ1) is 10.1. The van der Waals surface area contributed by atoms with Gasteiger partial charge in [0, 0.05) is 32.7 Å². The van der Waals surface area contributed by atoms with Crippen molar-refractivity contribution < 1.29 is 0 Å². The summed E-state index contributed by atoms with van der Waals surface area (Å²) in [6.07, 6.45) is 10.1. The van der Waals surface area contributed by atoms with Crippen molar-refractivity contribution in [3.05, 3.63) is 0 Å². The highest BCUT2D eigenvalue weighted by Crippen LogP contribution is 2.12. The van der Waals surface area contributed by atoms with Gasteiger partial charge in [-0.05, 0) is 24.8 Å². The van der Waals surface area contributed by atoms with Crippen LogP contribution in [0, 0.1) is 11.8 Å². The average molecular weight is 297 g/mol. The van der Waals surface area contributed by atoms with E-state index >= 15 is 0 Å². The second-order valence-electron chi connectivity index (χ2n) is 7.84. The fourth-order valence-electron chi connectivity index (χ4n) is 3.31. The minimum atomic E-state index is 0.812. The van der Waals surface area contributed by atoms with Gasteiger partial charge in [0.1, 0.15) is 0 Å². The van der Waals surface area contributed by atoms with Gasteiger partial charge in [-0.25, -0.2) is 0 Å². The van der Waals surface area contributed by atoms with E-state index in [-0.39, 0.29) is 0 Å². The molecule has 1 heterocycles. The van der Waals surface area contributed by atoms with Crippen LogP contribution in [0.15, 0.2) is 0 Å². The van der Waals surface area contributed by atoms with Crippen LogP contribution < -0.4 is 0 Å². The summed E-state index contributed by atoms with van der Waals surface area (Å²) in [5.41, 5.74) is 0. The van der Waals surface area contributed by atoms with E-state index in [0.717, 1.165) is 11.8 Å². The molecule has 0 aliphatic carbocycles. The molecule has 1 aliphatic rings. The first-order valence-electron chi connectivity index (χ1n) is 9.52. The topological polar surface area (TPSA) is 6.48 Å². The molecular weight excluding hydrogens is 256 g/mol. The van der Waals surface area contributed by atoms with E-state index in [1.54, 1.807) is 0 Å². The molecule has 2 nitrogen and oxygen atoms in total. The maximum atomic E-state index is 2.68. The Labute approximate surface area is 134 Å². The van der Waals surface area contributed by atoms with Gasteiger partial charge in [-0.15, -0.1) is 0 Å². The van der Waals surface area contributed by atoms with Crippen LogP contribution in [0.5, 0.6) is 0 Å². The molecule has 0 saturated carbocycles. The molecule has 0 aromatic heterocycles. The van der Waals surface area contributed by atoms with Gasteiger partial charge in [-0.1, -0.05) is 66.2 Å². The lowest BCUT2D eigenvalue weighted by Gasteiger charge is -2.35. The lowest BCUT2D eigenvalue weighted by atomic mass is 10.0. The predicted molar refractivity (Wildman–Crippen MR) is 94.9 cm³/mol. The third-order valence-electron chi connectivity index (χ3n) is 4.59. The normalized spacial score (nSPS) is 18.0. The summed E-state index contributed by atoms with van der Waals surface area (Å²) in [5, 5.41) is 0. The van der Waals surface area contributed by atoms with Crippen LogP contribution in [0.3, 0.4) is 0 Å². The quantitative estimate of drug-likeness (QED) is 0.512. The van der Waals surface area contributed by atoms with Gasteiger partial charge < -0.3 is 9.80 Å². The van der Waals surface area contributed by atoms with Gasteiger partial charge in [-0.3, -0.25) is 0 Å². The summed E-state index contributed by atoms with van der Waals surface area (Å²) in [6, 6.07) is 0. The summed E-state index contributed by atoms with van der Waals surface area (Å²) in [5.74, 6) is 1.70. The molecule has 0 radical (unpaired) electrons. The van der Waals surface area contributed by atoms with Gasteiger partial charge in [-0.2, -0.15) is 0 Å². The molecule has 1 aliphatic heterocycles. The van der Waals surface area contributed by atoms with Crippen molar-refractivity contribution in [2.75, 3.05) is 39.3 Å². The molecule has 0 atom stereocenters. The van der Waals surface area contributed by atoms with E-state index in [1.165, 1.54) is 84.2 Å². The summed E-state index contributed by atoms with van der Waals surface area (Å²) < 4.78 is 0. The molecule has 0 bridgehead atoms. The van der Waals surface area contributed by atoms with Gasteiger partial charge in [0.25, 0.3) is 0 Å². The van der Waals surface area contributed by atoms with E-state index in [2.05, 4.69) is 37.5 Å². The van der Waals surface area contributed by atoms with Crippen LogP contribution >= 0.6 is 0 Å². The van der Waals surface area contributed by atoms with Crippen molar-refractivity contribution in [1.29, 1.82) is 0 Å². The zero-order valence-electron chi connectivity index (χ0n) is 15.2. The van der Waals surface area contributed by atoms with Gasteiger partial charge in [0.2, 0.25) is 0 Å². The minimum Gasteiger partial charge on any atom is -0.301 e. The summed E-state index contributed by atoms with van der Waals surface area (Å²) >= 11 is 0. The Morgan fingerprint density at radius 2 is 1.14 bits per heavy atom. The monoisotopic (exact) mass is 296 g/mol. The van der Waals surface area contributed by atoms with Crippen LogP contribution in [0.2, 0.25) is 0 Å². The highest BCUT2D eigenvalue weighted by atomic mass is 15.3. The second-order valence-corrected chi connectivity index (χ2v) is 7.84. The van der Waals surface area contributed by atoms with Crippen molar-refractivity contribution >= 4 is 0 Å². The highest BCUT2D eigenvalue weighted by molar-refractivity contribution is 4.72. The highest BCUT2D eigenvalue weighted by Gasteiger charge is 2.16. The molecular formula is C19H40N2. The minimum absolute atomic E-state index is 0.812. The van der Waals surface area contributed by atoms with Crippen LogP contribution in [-0.4, -0.2) is 49.1 Å². The Bertz CT molecular complexity index is 230. The van der Waals surface area contributed by atoms with Crippen molar-refractivity contribution in [2.24, 2.45) is 11.8 Å². The maximum absolute atomic E-state index is 2.68. The molecule has 2 heteroatoms. The molecule has 1 saturated heterocycles. The molecule has 0 unspecified atom stereocenters. The van der Waals surface area contributed by atoms with Crippen LogP contribution in [0.25, 0.3) is 0 Å². The van der Waals surface area contributed by atoms with E-state index in [1.807, 2.05) is 0 Å². The third-order valence-corrected chi connectivity index (χ3v) is 4.59. The number of nitrogens with zero attached hydrogens (tertiary/aromatic N) is 2. The standard InChI is InChI=1S/C19H40N2/c1-18(2)11-9-7-5-6-8-10-12-20-13-15-21(16-14-20)17-19(3)4/h18-19H,5-17H2,1-4H3. The molecule has 126 valence electrons. The van der Waals surface area contributed by atoms with Gasteiger partial charge in [0.05, 0.1) is 0 Å². The number of hydrogen-bond donors (Lipinski definition) is 0. The molecule has 1 fully saturated rings. The maximum Gasteiger partial charge on any atom is 0.0110 e. The first kappa shape index (κ1) is 19.0. The zero-order valence-corrected chi connectivity index (χ0v) is 15.2. The Balaban J connectivity index is 1.88. The first-order valence-corrected chi connectivity index (χ1v) is 9.52. The Morgan fingerprint density at radius 1 is 0.619 bits per heavy atom. The smallest absolute Gasteiger partial charge is 0.0110 e. The Kier molecular flexibility index (Phi) is 10.4. The van der Waals surface area contributed by atoms with E-state index in [4.69, 9.17) is 0 Å². The number of piperazine rings is 1. The van der Waals surface area contributed by atoms with Crippen LogP contribution in [0.1, 0.15) is 72.6 Å². The predicted octanol–water partition coefficient (Wildman–Crippen LogP) is 4.65. The van der Waals surface area contributed by atoms with Crippen LogP contribution in [0.4, 0.5) is 0 Å². The Morgan fingerprint density at radius 3 is 1.71 bits per heavy atom. The van der Waals surface area contributed by atoms with E-state index in [9.17, 15) is 0 Å². The van der Waals surface area contributed by atoms with Crippen molar-refractivity contribution in [2.45, 2.75) is 72.6 Å². The van der Waals surface area contributed by atoms with E-state index in [0.29, 0.717) is 0 Å². The largest absolute Gasteiger partial charge is 0.301 e. The molecule has 21 heavy (non-hydrogen) atoms. The average Bonchev–Trinajstić information content (AvgIpc) is 2.42. The second kappa shape index (κ2) is 11.5. The molecule has 0 aromatic carbocycles. The Hall–Kier alpha value is -0.0800. The van der Waals surface area contributed by atoms with E-state index < -0.39 is 0 Å². The molecule has 1 rings (SSSR count). The molecule has 0 aromatic rings. The van der Waals surface area contributed by atoms with Crippen molar-refractivity contribution in [1.82, 2.24) is 9.80 Å². The molecule has 0 spiro atoms. The molecule has 0 N–H and O–H groups in total. The van der Waals surface area contributed by atoms with Crippen molar-refractivity contribution in [3.8, 4) is 0 Å². The lowest BCUT2D eigenvalue weighted by Crippen LogP contribution is -2.47. The zero-order chi connectivity index (χ0) is 15.5. The molecule has 0 amide bonds.